The third-order valence-corrected chi connectivity index (χ3v) is 3.68. The second kappa shape index (κ2) is 8.00. The van der Waals surface area contributed by atoms with Gasteiger partial charge in [0.05, 0.1) is 33.4 Å². The lowest BCUT2D eigenvalue weighted by Crippen LogP contribution is -2.46. The van der Waals surface area contributed by atoms with Crippen LogP contribution >= 0.6 is 0 Å². The maximum Gasteiger partial charge on any atom is 0.224 e. The van der Waals surface area contributed by atoms with Crippen molar-refractivity contribution >= 4 is 5.91 Å². The fraction of sp³-hybridized carbons (Fsp3) is 0.562. The van der Waals surface area contributed by atoms with Crippen LogP contribution in [0.4, 0.5) is 0 Å². The summed E-state index contributed by atoms with van der Waals surface area (Å²) in [4.78, 5) is 14.2. The van der Waals surface area contributed by atoms with Crippen LogP contribution in [-0.4, -0.2) is 64.4 Å². The van der Waals surface area contributed by atoms with Crippen LogP contribution in [0.1, 0.15) is 5.56 Å². The van der Waals surface area contributed by atoms with Gasteiger partial charge in [0, 0.05) is 19.6 Å². The highest BCUT2D eigenvalue weighted by atomic mass is 16.5. The number of carbonyl (C=O) groups excluding carboxylic acids is 1. The van der Waals surface area contributed by atoms with Crippen molar-refractivity contribution in [1.29, 1.82) is 0 Å². The highest BCUT2D eigenvalue weighted by molar-refractivity contribution is 5.78. The Morgan fingerprint density at radius 3 is 2.82 bits per heavy atom. The first-order chi connectivity index (χ1) is 10.6. The van der Waals surface area contributed by atoms with E-state index in [0.29, 0.717) is 31.1 Å². The molecule has 0 spiro atoms. The van der Waals surface area contributed by atoms with Crippen LogP contribution in [0.2, 0.25) is 0 Å². The van der Waals surface area contributed by atoms with Gasteiger partial charge in [-0.05, 0) is 24.7 Å². The number of benzene rings is 1. The maximum absolute atomic E-state index is 12.0. The van der Waals surface area contributed by atoms with E-state index in [2.05, 4.69) is 17.3 Å². The molecule has 1 aliphatic rings. The highest BCUT2D eigenvalue weighted by Crippen LogP contribution is 2.27. The smallest absolute Gasteiger partial charge is 0.224 e. The molecule has 1 aliphatic heterocycles. The summed E-state index contributed by atoms with van der Waals surface area (Å²) in [5.41, 5.74) is 0.886. The number of morpholine rings is 1. The molecule has 1 heterocycles. The van der Waals surface area contributed by atoms with Gasteiger partial charge >= 0.3 is 0 Å². The number of amides is 1. The number of ether oxygens (including phenoxy) is 3. The summed E-state index contributed by atoms with van der Waals surface area (Å²) in [6.45, 7) is 3.04. The summed E-state index contributed by atoms with van der Waals surface area (Å²) in [6.07, 6.45) is 0.372. The Hall–Kier alpha value is -1.79. The molecule has 2 rings (SSSR count). The molecular formula is C16H24N2O4. The zero-order valence-corrected chi connectivity index (χ0v) is 13.4. The summed E-state index contributed by atoms with van der Waals surface area (Å²) in [5, 5.41) is 2.92. The van der Waals surface area contributed by atoms with E-state index in [-0.39, 0.29) is 12.0 Å². The van der Waals surface area contributed by atoms with Gasteiger partial charge in [0.1, 0.15) is 0 Å². The van der Waals surface area contributed by atoms with E-state index < -0.39 is 0 Å². The molecular weight excluding hydrogens is 284 g/mol. The number of hydrogen-bond donors (Lipinski definition) is 1. The molecule has 0 saturated carbocycles. The fourth-order valence-electron chi connectivity index (χ4n) is 2.46. The Labute approximate surface area is 131 Å². The van der Waals surface area contributed by atoms with Gasteiger partial charge in [-0.2, -0.15) is 0 Å². The number of methoxy groups -OCH3 is 2. The molecule has 0 aromatic heterocycles. The largest absolute Gasteiger partial charge is 0.493 e. The van der Waals surface area contributed by atoms with Crippen molar-refractivity contribution in [3.8, 4) is 11.5 Å². The third kappa shape index (κ3) is 4.61. The van der Waals surface area contributed by atoms with Crippen molar-refractivity contribution in [2.75, 3.05) is 47.5 Å². The highest BCUT2D eigenvalue weighted by Gasteiger charge is 2.18. The van der Waals surface area contributed by atoms with Gasteiger partial charge in [-0.25, -0.2) is 0 Å². The van der Waals surface area contributed by atoms with E-state index in [1.807, 2.05) is 12.1 Å². The minimum absolute atomic E-state index is 0.0240. The van der Waals surface area contributed by atoms with Crippen molar-refractivity contribution in [2.24, 2.45) is 0 Å². The van der Waals surface area contributed by atoms with E-state index >= 15 is 0 Å². The zero-order chi connectivity index (χ0) is 15.9. The normalized spacial score (nSPS) is 18.8. The zero-order valence-electron chi connectivity index (χ0n) is 13.4. The predicted octanol–water partition coefficient (Wildman–Crippen LogP) is 0.693. The first-order valence-corrected chi connectivity index (χ1v) is 7.40. The van der Waals surface area contributed by atoms with Crippen LogP contribution in [0.15, 0.2) is 18.2 Å². The van der Waals surface area contributed by atoms with Crippen molar-refractivity contribution in [3.63, 3.8) is 0 Å². The van der Waals surface area contributed by atoms with Crippen molar-refractivity contribution in [3.05, 3.63) is 23.8 Å². The lowest BCUT2D eigenvalue weighted by atomic mass is 10.1. The monoisotopic (exact) mass is 308 g/mol. The molecule has 1 unspecified atom stereocenters. The first-order valence-electron chi connectivity index (χ1n) is 7.40. The van der Waals surface area contributed by atoms with Gasteiger partial charge in [0.2, 0.25) is 5.91 Å². The molecule has 1 aromatic carbocycles. The quantitative estimate of drug-likeness (QED) is 0.838. The van der Waals surface area contributed by atoms with Crippen LogP contribution in [0.5, 0.6) is 11.5 Å². The molecule has 6 nitrogen and oxygen atoms in total. The molecule has 0 radical (unpaired) electrons. The van der Waals surface area contributed by atoms with Gasteiger partial charge in [-0.15, -0.1) is 0 Å². The van der Waals surface area contributed by atoms with E-state index in [0.717, 1.165) is 18.7 Å². The Balaban J connectivity index is 1.84. The molecule has 0 aliphatic carbocycles. The fourth-order valence-corrected chi connectivity index (χ4v) is 2.46. The summed E-state index contributed by atoms with van der Waals surface area (Å²) < 4.78 is 16.1. The number of nitrogens with one attached hydrogen (secondary N) is 1. The molecule has 1 aromatic rings. The average molecular weight is 308 g/mol. The minimum atomic E-state index is -0.0240. The average Bonchev–Trinajstić information content (AvgIpc) is 2.53. The predicted molar refractivity (Wildman–Crippen MR) is 83.5 cm³/mol. The van der Waals surface area contributed by atoms with Crippen LogP contribution in [0.3, 0.4) is 0 Å². The summed E-state index contributed by atoms with van der Waals surface area (Å²) in [7, 11) is 5.23. The van der Waals surface area contributed by atoms with Crippen LogP contribution in [-0.2, 0) is 16.0 Å². The van der Waals surface area contributed by atoms with E-state index in [1.54, 1.807) is 20.3 Å². The van der Waals surface area contributed by atoms with Gasteiger partial charge in [0.15, 0.2) is 11.5 Å². The van der Waals surface area contributed by atoms with Gasteiger partial charge < -0.3 is 24.4 Å². The minimum Gasteiger partial charge on any atom is -0.493 e. The topological polar surface area (TPSA) is 60.0 Å². The second-order valence-electron chi connectivity index (χ2n) is 5.43. The SMILES string of the molecule is COc1ccc(CC(=O)NCC2CN(C)CCO2)cc1OC. The molecule has 6 heteroatoms. The molecule has 1 N–H and O–H groups in total. The Morgan fingerprint density at radius 2 is 2.14 bits per heavy atom. The molecule has 1 saturated heterocycles. The van der Waals surface area contributed by atoms with Crippen LogP contribution < -0.4 is 14.8 Å². The lowest BCUT2D eigenvalue weighted by molar-refractivity contribution is -0.121. The molecule has 122 valence electrons. The van der Waals surface area contributed by atoms with Crippen molar-refractivity contribution in [1.82, 2.24) is 10.2 Å². The summed E-state index contributed by atoms with van der Waals surface area (Å²) in [5.74, 6) is 1.26. The lowest BCUT2D eigenvalue weighted by Gasteiger charge is -2.30. The number of likely N-dealkylation sites (N-methyl/N-ethyl adjacent to an activating group) is 1. The van der Waals surface area contributed by atoms with Gasteiger partial charge in [-0.3, -0.25) is 4.79 Å². The standard InChI is InChI=1S/C16H24N2O4/c1-18-6-7-22-13(11-18)10-17-16(19)9-12-4-5-14(20-2)15(8-12)21-3/h4-5,8,13H,6-7,9-11H2,1-3H3,(H,17,19). The summed E-state index contributed by atoms with van der Waals surface area (Å²) >= 11 is 0. The Bertz CT molecular complexity index is 507. The molecule has 0 bridgehead atoms. The molecule has 22 heavy (non-hydrogen) atoms. The second-order valence-corrected chi connectivity index (χ2v) is 5.43. The van der Waals surface area contributed by atoms with E-state index in [1.165, 1.54) is 0 Å². The van der Waals surface area contributed by atoms with Gasteiger partial charge in [0.25, 0.3) is 0 Å². The van der Waals surface area contributed by atoms with Crippen LogP contribution in [0, 0.1) is 0 Å². The number of rotatable bonds is 6. The molecule has 1 amide bonds. The number of carbonyl (C=O) groups is 1. The van der Waals surface area contributed by atoms with Crippen molar-refractivity contribution < 1.29 is 19.0 Å². The Kier molecular flexibility index (Phi) is 6.03. The van der Waals surface area contributed by atoms with E-state index in [4.69, 9.17) is 14.2 Å². The maximum atomic E-state index is 12.0. The van der Waals surface area contributed by atoms with Gasteiger partial charge in [-0.1, -0.05) is 6.07 Å². The number of hydrogen-bond acceptors (Lipinski definition) is 5. The summed E-state index contributed by atoms with van der Waals surface area (Å²) in [6, 6.07) is 5.50. The Morgan fingerprint density at radius 1 is 1.36 bits per heavy atom. The van der Waals surface area contributed by atoms with Crippen LogP contribution in [0.25, 0.3) is 0 Å². The molecule has 1 fully saturated rings. The van der Waals surface area contributed by atoms with E-state index in [9.17, 15) is 4.79 Å². The first kappa shape index (κ1) is 16.6. The molecule has 1 atom stereocenters. The number of nitrogens with zero attached hydrogens (tertiary/aromatic N) is 1. The third-order valence-electron chi connectivity index (χ3n) is 3.68. The van der Waals surface area contributed by atoms with Crippen molar-refractivity contribution in [2.45, 2.75) is 12.5 Å².